The fraction of sp³-hybridized carbons (Fsp3) is 0.556. The summed E-state index contributed by atoms with van der Waals surface area (Å²) in [5.74, 6) is 0. The molecule has 0 radical (unpaired) electrons. The normalized spacial score (nSPS) is 12.9. The molecule has 0 aliphatic heterocycles. The Labute approximate surface area is 73.0 Å². The molecule has 0 unspecified atom stereocenters. The number of hydrogen-bond donors (Lipinski definition) is 1. The molecule has 12 heavy (non-hydrogen) atoms. The zero-order valence-electron chi connectivity index (χ0n) is 7.62. The van der Waals surface area contributed by atoms with Crippen molar-refractivity contribution in [1.29, 1.82) is 0 Å². The third kappa shape index (κ3) is 2.58. The Morgan fingerprint density at radius 1 is 1.42 bits per heavy atom. The third-order valence-corrected chi connectivity index (χ3v) is 1.82. The number of aromatic nitrogens is 2. The van der Waals surface area contributed by atoms with Crippen molar-refractivity contribution in [3.05, 3.63) is 23.8 Å². The van der Waals surface area contributed by atoms with Crippen LogP contribution in [0.3, 0.4) is 0 Å². The monoisotopic (exact) mass is 165 g/mol. The molecule has 0 saturated carbocycles. The highest BCUT2D eigenvalue weighted by atomic mass is 14.8. The Kier molecular flexibility index (Phi) is 3.17. The molecule has 1 heterocycles. The highest BCUT2D eigenvalue weighted by molar-refractivity contribution is 5.08. The van der Waals surface area contributed by atoms with E-state index < -0.39 is 0 Å². The average molecular weight is 165 g/mol. The average Bonchev–Trinajstić information content (AvgIpc) is 2.03. The Morgan fingerprint density at radius 2 is 2.08 bits per heavy atom. The van der Waals surface area contributed by atoms with Gasteiger partial charge in [0.2, 0.25) is 0 Å². The van der Waals surface area contributed by atoms with E-state index in [1.54, 1.807) is 12.4 Å². The van der Waals surface area contributed by atoms with Gasteiger partial charge in [-0.15, -0.1) is 0 Å². The first kappa shape index (κ1) is 9.13. The summed E-state index contributed by atoms with van der Waals surface area (Å²) in [7, 11) is 0. The lowest BCUT2D eigenvalue weighted by Gasteiger charge is -2.05. The largest absolute Gasteiger partial charge is 0.328 e. The van der Waals surface area contributed by atoms with Crippen molar-refractivity contribution in [3.63, 3.8) is 0 Å². The molecule has 1 aromatic rings. The van der Waals surface area contributed by atoms with Crippen molar-refractivity contribution in [1.82, 2.24) is 9.97 Å². The van der Waals surface area contributed by atoms with Crippen molar-refractivity contribution < 1.29 is 0 Å². The molecule has 0 aliphatic carbocycles. The predicted octanol–water partition coefficient (Wildman–Crippen LogP) is 1.06. The van der Waals surface area contributed by atoms with Gasteiger partial charge in [-0.3, -0.25) is 9.97 Å². The van der Waals surface area contributed by atoms with Crippen LogP contribution in [-0.2, 0) is 6.42 Å². The van der Waals surface area contributed by atoms with E-state index in [9.17, 15) is 0 Å². The molecule has 66 valence electrons. The summed E-state index contributed by atoms with van der Waals surface area (Å²) in [6.07, 6.45) is 5.34. The first-order chi connectivity index (χ1) is 5.70. The second-order valence-electron chi connectivity index (χ2n) is 3.10. The van der Waals surface area contributed by atoms with Gasteiger partial charge >= 0.3 is 0 Å². The molecule has 0 bridgehead atoms. The van der Waals surface area contributed by atoms with E-state index in [1.807, 2.05) is 13.8 Å². The second-order valence-corrected chi connectivity index (χ2v) is 3.10. The topological polar surface area (TPSA) is 51.8 Å². The number of nitrogens with zero attached hydrogens (tertiary/aromatic N) is 2. The zero-order valence-corrected chi connectivity index (χ0v) is 7.62. The van der Waals surface area contributed by atoms with Crippen LogP contribution in [0.2, 0.25) is 0 Å². The Hall–Kier alpha value is -0.960. The fourth-order valence-electron chi connectivity index (χ4n) is 1.05. The summed E-state index contributed by atoms with van der Waals surface area (Å²) >= 11 is 0. The summed E-state index contributed by atoms with van der Waals surface area (Å²) < 4.78 is 0. The van der Waals surface area contributed by atoms with Gasteiger partial charge in [-0.05, 0) is 26.7 Å². The van der Waals surface area contributed by atoms with Gasteiger partial charge in [0.1, 0.15) is 0 Å². The highest BCUT2D eigenvalue weighted by Crippen LogP contribution is 2.03. The molecule has 3 heteroatoms. The fourth-order valence-corrected chi connectivity index (χ4v) is 1.05. The Balaban J connectivity index is 2.57. The van der Waals surface area contributed by atoms with E-state index in [-0.39, 0.29) is 6.04 Å². The van der Waals surface area contributed by atoms with Crippen LogP contribution in [0.15, 0.2) is 12.4 Å². The molecular formula is C9H15N3. The smallest absolute Gasteiger partial charge is 0.0616 e. The van der Waals surface area contributed by atoms with Crippen LogP contribution in [0.5, 0.6) is 0 Å². The van der Waals surface area contributed by atoms with Gasteiger partial charge in [-0.1, -0.05) is 0 Å². The van der Waals surface area contributed by atoms with Crippen molar-refractivity contribution >= 4 is 0 Å². The molecular weight excluding hydrogens is 150 g/mol. The molecule has 1 rings (SSSR count). The third-order valence-electron chi connectivity index (χ3n) is 1.82. The van der Waals surface area contributed by atoms with Gasteiger partial charge in [0.25, 0.3) is 0 Å². The number of rotatable bonds is 3. The van der Waals surface area contributed by atoms with E-state index in [1.165, 1.54) is 0 Å². The maximum atomic E-state index is 5.64. The molecule has 0 saturated heterocycles. The Morgan fingerprint density at radius 3 is 2.67 bits per heavy atom. The van der Waals surface area contributed by atoms with Crippen LogP contribution >= 0.6 is 0 Å². The lowest BCUT2D eigenvalue weighted by Crippen LogP contribution is -2.16. The molecule has 0 amide bonds. The minimum absolute atomic E-state index is 0.242. The second kappa shape index (κ2) is 4.16. The van der Waals surface area contributed by atoms with Gasteiger partial charge in [0, 0.05) is 18.4 Å². The Bertz CT molecular complexity index is 245. The van der Waals surface area contributed by atoms with Crippen LogP contribution in [-0.4, -0.2) is 16.0 Å². The van der Waals surface area contributed by atoms with Crippen LogP contribution in [0.4, 0.5) is 0 Å². The molecule has 0 aromatic carbocycles. The van der Waals surface area contributed by atoms with Crippen molar-refractivity contribution in [3.8, 4) is 0 Å². The van der Waals surface area contributed by atoms with Gasteiger partial charge < -0.3 is 5.73 Å². The molecule has 0 spiro atoms. The lowest BCUT2D eigenvalue weighted by molar-refractivity contribution is 0.654. The van der Waals surface area contributed by atoms with E-state index >= 15 is 0 Å². The lowest BCUT2D eigenvalue weighted by atomic mass is 10.1. The molecule has 0 fully saturated rings. The number of aryl methyl sites for hydroxylation is 2. The van der Waals surface area contributed by atoms with E-state index in [4.69, 9.17) is 5.73 Å². The van der Waals surface area contributed by atoms with Gasteiger partial charge in [-0.25, -0.2) is 0 Å². The van der Waals surface area contributed by atoms with Gasteiger partial charge in [-0.2, -0.15) is 0 Å². The van der Waals surface area contributed by atoms with E-state index in [0.29, 0.717) is 0 Å². The summed E-state index contributed by atoms with van der Waals surface area (Å²) in [5.41, 5.74) is 7.72. The van der Waals surface area contributed by atoms with Crippen molar-refractivity contribution in [2.24, 2.45) is 5.73 Å². The minimum Gasteiger partial charge on any atom is -0.328 e. The minimum atomic E-state index is 0.242. The van der Waals surface area contributed by atoms with Crippen LogP contribution in [0, 0.1) is 6.92 Å². The zero-order chi connectivity index (χ0) is 8.97. The molecule has 2 N–H and O–H groups in total. The number of hydrogen-bond acceptors (Lipinski definition) is 3. The SMILES string of the molecule is Cc1nccnc1CC[C@@H](C)N. The van der Waals surface area contributed by atoms with Gasteiger partial charge in [0.15, 0.2) is 0 Å². The van der Waals surface area contributed by atoms with E-state index in [2.05, 4.69) is 9.97 Å². The maximum absolute atomic E-state index is 5.64. The first-order valence-corrected chi connectivity index (χ1v) is 4.22. The summed E-state index contributed by atoms with van der Waals surface area (Å²) in [4.78, 5) is 8.39. The molecule has 1 atom stereocenters. The standard InChI is InChI=1S/C9H15N3/c1-7(10)3-4-9-8(2)11-5-6-12-9/h5-7H,3-4,10H2,1-2H3/t7-/m1/s1. The maximum Gasteiger partial charge on any atom is 0.0616 e. The van der Waals surface area contributed by atoms with Crippen molar-refractivity contribution in [2.45, 2.75) is 32.7 Å². The van der Waals surface area contributed by atoms with Crippen LogP contribution in [0.25, 0.3) is 0 Å². The summed E-state index contributed by atoms with van der Waals surface area (Å²) in [6, 6.07) is 0.242. The van der Waals surface area contributed by atoms with E-state index in [0.717, 1.165) is 24.2 Å². The quantitative estimate of drug-likeness (QED) is 0.728. The predicted molar refractivity (Wildman–Crippen MR) is 48.7 cm³/mol. The molecule has 0 aliphatic rings. The van der Waals surface area contributed by atoms with Crippen LogP contribution in [0.1, 0.15) is 24.7 Å². The first-order valence-electron chi connectivity index (χ1n) is 4.22. The molecule has 3 nitrogen and oxygen atoms in total. The van der Waals surface area contributed by atoms with Gasteiger partial charge in [0.05, 0.1) is 11.4 Å². The van der Waals surface area contributed by atoms with Crippen LogP contribution < -0.4 is 5.73 Å². The summed E-state index contributed by atoms with van der Waals surface area (Å²) in [5, 5.41) is 0. The molecule has 1 aromatic heterocycles. The highest BCUT2D eigenvalue weighted by Gasteiger charge is 2.01. The number of nitrogens with two attached hydrogens (primary N) is 1. The summed E-state index contributed by atoms with van der Waals surface area (Å²) in [6.45, 7) is 3.98. The van der Waals surface area contributed by atoms with Crippen molar-refractivity contribution in [2.75, 3.05) is 0 Å².